The molecule has 0 saturated carbocycles. The second-order valence-electron chi connectivity index (χ2n) is 2.89. The van der Waals surface area contributed by atoms with E-state index in [1.165, 1.54) is 0 Å². The molecule has 0 aliphatic rings. The number of hydrogen-bond acceptors (Lipinski definition) is 1. The molecule has 1 aromatic carbocycles. The SMILES string of the molecule is CCOc1cccc(C=CCCCl)c1. The maximum Gasteiger partial charge on any atom is 0.119 e. The van der Waals surface area contributed by atoms with Gasteiger partial charge in [0.1, 0.15) is 5.75 Å². The van der Waals surface area contributed by atoms with Crippen LogP contribution in [0.15, 0.2) is 30.3 Å². The van der Waals surface area contributed by atoms with Gasteiger partial charge in [-0.3, -0.25) is 0 Å². The molecule has 0 unspecified atom stereocenters. The Morgan fingerprint density at radius 1 is 1.43 bits per heavy atom. The molecule has 0 heterocycles. The van der Waals surface area contributed by atoms with Crippen molar-refractivity contribution in [3.8, 4) is 5.75 Å². The van der Waals surface area contributed by atoms with Crippen molar-refractivity contribution in [3.05, 3.63) is 35.9 Å². The molecule has 0 radical (unpaired) electrons. The third-order valence-corrected chi connectivity index (χ3v) is 1.97. The summed E-state index contributed by atoms with van der Waals surface area (Å²) in [5.41, 5.74) is 1.15. The van der Waals surface area contributed by atoms with E-state index in [0.717, 1.165) is 17.7 Å². The number of alkyl halides is 1. The highest BCUT2D eigenvalue weighted by atomic mass is 35.5. The highest BCUT2D eigenvalue weighted by Crippen LogP contribution is 2.14. The lowest BCUT2D eigenvalue weighted by Crippen LogP contribution is -1.90. The number of halogens is 1. The van der Waals surface area contributed by atoms with Crippen molar-refractivity contribution in [2.24, 2.45) is 0 Å². The molecule has 76 valence electrons. The minimum absolute atomic E-state index is 0.668. The first kappa shape index (κ1) is 11.1. The Hall–Kier alpha value is -0.950. The highest BCUT2D eigenvalue weighted by Gasteiger charge is 1.91. The second-order valence-corrected chi connectivity index (χ2v) is 3.26. The molecule has 0 fully saturated rings. The van der Waals surface area contributed by atoms with Gasteiger partial charge >= 0.3 is 0 Å². The highest BCUT2D eigenvalue weighted by molar-refractivity contribution is 6.17. The Morgan fingerprint density at radius 3 is 3.00 bits per heavy atom. The standard InChI is InChI=1S/C12H15ClO/c1-2-14-12-8-5-7-11(10-12)6-3-4-9-13/h3,5-8,10H,2,4,9H2,1H3. The summed E-state index contributed by atoms with van der Waals surface area (Å²) in [5.74, 6) is 1.59. The normalized spacial score (nSPS) is 10.7. The zero-order valence-corrected chi connectivity index (χ0v) is 9.13. The Balaban J connectivity index is 2.63. The van der Waals surface area contributed by atoms with Crippen LogP contribution in [0.25, 0.3) is 6.08 Å². The summed E-state index contributed by atoms with van der Waals surface area (Å²) < 4.78 is 5.39. The maximum absolute atomic E-state index is 5.57. The van der Waals surface area contributed by atoms with E-state index in [4.69, 9.17) is 16.3 Å². The van der Waals surface area contributed by atoms with Crippen LogP contribution in [0.5, 0.6) is 5.75 Å². The third kappa shape index (κ3) is 3.84. The monoisotopic (exact) mass is 210 g/mol. The average molecular weight is 211 g/mol. The quantitative estimate of drug-likeness (QED) is 0.673. The minimum Gasteiger partial charge on any atom is -0.494 e. The van der Waals surface area contributed by atoms with E-state index in [0.29, 0.717) is 12.5 Å². The molecular formula is C12H15ClO. The van der Waals surface area contributed by atoms with Gasteiger partial charge < -0.3 is 4.74 Å². The first-order valence-electron chi connectivity index (χ1n) is 4.82. The van der Waals surface area contributed by atoms with Crippen molar-refractivity contribution in [2.45, 2.75) is 13.3 Å². The van der Waals surface area contributed by atoms with Crippen molar-refractivity contribution >= 4 is 17.7 Å². The number of rotatable bonds is 5. The zero-order chi connectivity index (χ0) is 10.2. The summed E-state index contributed by atoms with van der Waals surface area (Å²) in [7, 11) is 0. The lowest BCUT2D eigenvalue weighted by molar-refractivity contribution is 0.340. The van der Waals surface area contributed by atoms with Crippen LogP contribution >= 0.6 is 11.6 Å². The number of benzene rings is 1. The number of hydrogen-bond donors (Lipinski definition) is 0. The molecule has 1 rings (SSSR count). The van der Waals surface area contributed by atoms with Gasteiger partial charge in [0.05, 0.1) is 6.61 Å². The van der Waals surface area contributed by atoms with Gasteiger partial charge in [0.2, 0.25) is 0 Å². The van der Waals surface area contributed by atoms with E-state index in [2.05, 4.69) is 12.2 Å². The lowest BCUT2D eigenvalue weighted by Gasteiger charge is -2.02. The molecule has 0 amide bonds. The molecule has 0 atom stereocenters. The number of allylic oxidation sites excluding steroid dienone is 1. The van der Waals surface area contributed by atoms with Gasteiger partial charge in [-0.1, -0.05) is 24.3 Å². The fraction of sp³-hybridized carbons (Fsp3) is 0.333. The van der Waals surface area contributed by atoms with Gasteiger partial charge in [-0.15, -0.1) is 11.6 Å². The van der Waals surface area contributed by atoms with Crippen LogP contribution in [0.1, 0.15) is 18.9 Å². The summed E-state index contributed by atoms with van der Waals surface area (Å²) in [6.45, 7) is 2.69. The minimum atomic E-state index is 0.668. The van der Waals surface area contributed by atoms with Crippen LogP contribution < -0.4 is 4.74 Å². The molecule has 1 nitrogen and oxygen atoms in total. The van der Waals surface area contributed by atoms with Crippen LogP contribution in [-0.4, -0.2) is 12.5 Å². The summed E-state index contributed by atoms with van der Waals surface area (Å²) in [6, 6.07) is 8.02. The van der Waals surface area contributed by atoms with Gasteiger partial charge in [0, 0.05) is 5.88 Å². The molecular weight excluding hydrogens is 196 g/mol. The fourth-order valence-electron chi connectivity index (χ4n) is 1.16. The number of ether oxygens (including phenoxy) is 1. The van der Waals surface area contributed by atoms with Gasteiger partial charge in [-0.25, -0.2) is 0 Å². The molecule has 0 aromatic heterocycles. The average Bonchev–Trinajstić information content (AvgIpc) is 2.19. The van der Waals surface area contributed by atoms with Gasteiger partial charge in [0.15, 0.2) is 0 Å². The van der Waals surface area contributed by atoms with Crippen LogP contribution in [0.3, 0.4) is 0 Å². The maximum atomic E-state index is 5.57. The van der Waals surface area contributed by atoms with Crippen LogP contribution in [0.2, 0.25) is 0 Å². The molecule has 0 saturated heterocycles. The molecule has 0 N–H and O–H groups in total. The molecule has 2 heteroatoms. The predicted molar refractivity (Wildman–Crippen MR) is 62.0 cm³/mol. The van der Waals surface area contributed by atoms with E-state index >= 15 is 0 Å². The van der Waals surface area contributed by atoms with E-state index in [9.17, 15) is 0 Å². The summed E-state index contributed by atoms with van der Waals surface area (Å²) in [6.07, 6.45) is 5.03. The van der Waals surface area contributed by atoms with Crippen LogP contribution in [0, 0.1) is 0 Å². The van der Waals surface area contributed by atoms with Gasteiger partial charge in [0.25, 0.3) is 0 Å². The lowest BCUT2D eigenvalue weighted by atomic mass is 10.2. The molecule has 14 heavy (non-hydrogen) atoms. The zero-order valence-electron chi connectivity index (χ0n) is 8.37. The molecule has 1 aromatic rings. The van der Waals surface area contributed by atoms with Gasteiger partial charge in [-0.05, 0) is 31.0 Å². The van der Waals surface area contributed by atoms with E-state index in [1.54, 1.807) is 0 Å². The summed E-state index contributed by atoms with van der Waals surface area (Å²) >= 11 is 5.57. The topological polar surface area (TPSA) is 9.23 Å². The second kappa shape index (κ2) is 6.50. The molecule has 0 aliphatic heterocycles. The molecule has 0 spiro atoms. The first-order chi connectivity index (χ1) is 6.86. The van der Waals surface area contributed by atoms with E-state index in [1.807, 2.05) is 31.2 Å². The first-order valence-corrected chi connectivity index (χ1v) is 5.35. The summed E-state index contributed by atoms with van der Waals surface area (Å²) in [4.78, 5) is 0. The Bertz CT molecular complexity index is 294. The van der Waals surface area contributed by atoms with E-state index in [-0.39, 0.29) is 0 Å². The smallest absolute Gasteiger partial charge is 0.119 e. The van der Waals surface area contributed by atoms with Crippen molar-refractivity contribution in [2.75, 3.05) is 12.5 Å². The van der Waals surface area contributed by atoms with Crippen LogP contribution in [0.4, 0.5) is 0 Å². The largest absolute Gasteiger partial charge is 0.494 e. The van der Waals surface area contributed by atoms with Gasteiger partial charge in [-0.2, -0.15) is 0 Å². The van der Waals surface area contributed by atoms with E-state index < -0.39 is 0 Å². The summed E-state index contributed by atoms with van der Waals surface area (Å²) in [5, 5.41) is 0. The molecule has 0 bridgehead atoms. The van der Waals surface area contributed by atoms with Crippen LogP contribution in [-0.2, 0) is 0 Å². The van der Waals surface area contributed by atoms with Crippen molar-refractivity contribution in [1.29, 1.82) is 0 Å². The molecule has 0 aliphatic carbocycles. The predicted octanol–water partition coefficient (Wildman–Crippen LogP) is 3.73. The Kier molecular flexibility index (Phi) is 5.16. The van der Waals surface area contributed by atoms with Crippen molar-refractivity contribution < 1.29 is 4.74 Å². The Labute approximate surface area is 90.3 Å². The van der Waals surface area contributed by atoms with Crippen molar-refractivity contribution in [3.63, 3.8) is 0 Å². The fourth-order valence-corrected chi connectivity index (χ4v) is 1.28. The van der Waals surface area contributed by atoms with Crippen molar-refractivity contribution in [1.82, 2.24) is 0 Å². The Morgan fingerprint density at radius 2 is 2.29 bits per heavy atom. The third-order valence-electron chi connectivity index (χ3n) is 1.76.